The minimum absolute atomic E-state index is 0.137. The van der Waals surface area contributed by atoms with Crippen LogP contribution >= 0.6 is 0 Å². The molecule has 0 spiro atoms. The summed E-state index contributed by atoms with van der Waals surface area (Å²) in [6.07, 6.45) is 1.88. The molecule has 1 aliphatic carbocycles. The number of nitrogens with one attached hydrogen (secondary N) is 2. The number of hydrogen-bond acceptors (Lipinski definition) is 4. The molecule has 0 unspecified atom stereocenters. The standard InChI is InChI=1S/C21H21N3O4/c1-28-15-6-4-5-14(13-15)21(10-11-21)23-18(25)9-12-24-17-8-3-2-7-16(17)19(26)22-20(24)27/h2-8,13H,9-12H2,1H3,(H,23,25)(H,22,26,27). The molecule has 0 saturated heterocycles. The Labute approximate surface area is 161 Å². The van der Waals surface area contributed by atoms with Crippen LogP contribution in [0.25, 0.3) is 10.9 Å². The molecule has 7 heteroatoms. The summed E-state index contributed by atoms with van der Waals surface area (Å²) in [5.41, 5.74) is 0.260. The Balaban J connectivity index is 1.51. The Morgan fingerprint density at radius 3 is 2.71 bits per heavy atom. The number of carbonyl (C=O) groups excluding carboxylic acids is 1. The summed E-state index contributed by atoms with van der Waals surface area (Å²) in [4.78, 5) is 39.0. The first kappa shape index (κ1) is 18.0. The van der Waals surface area contributed by atoms with Gasteiger partial charge in [0.2, 0.25) is 5.91 Å². The average molecular weight is 379 g/mol. The number of para-hydroxylation sites is 1. The number of amides is 1. The SMILES string of the molecule is COc1cccc(C2(NC(=O)CCn3c(=O)[nH]c(=O)c4ccccc43)CC2)c1. The van der Waals surface area contributed by atoms with Crippen LogP contribution in [0.2, 0.25) is 0 Å². The molecule has 1 aliphatic rings. The molecule has 0 aliphatic heterocycles. The zero-order valence-electron chi connectivity index (χ0n) is 15.5. The maximum Gasteiger partial charge on any atom is 0.328 e. The first-order valence-electron chi connectivity index (χ1n) is 9.20. The van der Waals surface area contributed by atoms with Crippen molar-refractivity contribution in [2.24, 2.45) is 0 Å². The minimum Gasteiger partial charge on any atom is -0.497 e. The predicted molar refractivity (Wildman–Crippen MR) is 105 cm³/mol. The maximum atomic E-state index is 12.6. The topological polar surface area (TPSA) is 93.2 Å². The summed E-state index contributed by atoms with van der Waals surface area (Å²) in [5, 5.41) is 3.53. The van der Waals surface area contributed by atoms with Crippen molar-refractivity contribution < 1.29 is 9.53 Å². The van der Waals surface area contributed by atoms with E-state index in [2.05, 4.69) is 10.3 Å². The molecule has 1 aromatic heterocycles. The van der Waals surface area contributed by atoms with E-state index in [-0.39, 0.29) is 24.4 Å². The van der Waals surface area contributed by atoms with Crippen LogP contribution in [0.3, 0.4) is 0 Å². The number of H-pyrrole nitrogens is 1. The molecular weight excluding hydrogens is 358 g/mol. The van der Waals surface area contributed by atoms with Crippen molar-refractivity contribution in [3.05, 3.63) is 74.9 Å². The highest BCUT2D eigenvalue weighted by atomic mass is 16.5. The number of rotatable bonds is 6. The lowest BCUT2D eigenvalue weighted by atomic mass is 10.0. The predicted octanol–water partition coefficient (Wildman–Crippen LogP) is 1.89. The fourth-order valence-electron chi connectivity index (χ4n) is 3.54. The van der Waals surface area contributed by atoms with E-state index in [1.807, 2.05) is 24.3 Å². The molecule has 0 bridgehead atoms. The number of fused-ring (bicyclic) bond motifs is 1. The second-order valence-corrected chi connectivity index (χ2v) is 7.04. The lowest BCUT2D eigenvalue weighted by molar-refractivity contribution is -0.122. The van der Waals surface area contributed by atoms with Gasteiger partial charge < -0.3 is 10.1 Å². The van der Waals surface area contributed by atoms with E-state index in [1.54, 1.807) is 31.4 Å². The third kappa shape index (κ3) is 3.31. The Hall–Kier alpha value is -3.35. The highest BCUT2D eigenvalue weighted by Crippen LogP contribution is 2.46. The quantitative estimate of drug-likeness (QED) is 0.684. The fourth-order valence-corrected chi connectivity index (χ4v) is 3.54. The molecule has 1 heterocycles. The van der Waals surface area contributed by atoms with Gasteiger partial charge in [-0.25, -0.2) is 4.79 Å². The molecule has 0 radical (unpaired) electrons. The van der Waals surface area contributed by atoms with Crippen molar-refractivity contribution in [3.63, 3.8) is 0 Å². The Kier molecular flexibility index (Phi) is 4.50. The van der Waals surface area contributed by atoms with E-state index in [0.29, 0.717) is 10.9 Å². The number of aromatic amines is 1. The maximum absolute atomic E-state index is 12.6. The van der Waals surface area contributed by atoms with Gasteiger partial charge in [0.15, 0.2) is 0 Å². The molecule has 4 rings (SSSR count). The van der Waals surface area contributed by atoms with Gasteiger partial charge in [0.25, 0.3) is 5.56 Å². The number of methoxy groups -OCH3 is 1. The number of aromatic nitrogens is 2. The number of ether oxygens (including phenoxy) is 1. The third-order valence-corrected chi connectivity index (χ3v) is 5.22. The van der Waals surface area contributed by atoms with Crippen LogP contribution in [0.4, 0.5) is 0 Å². The van der Waals surface area contributed by atoms with Crippen molar-refractivity contribution in [2.45, 2.75) is 31.3 Å². The van der Waals surface area contributed by atoms with Crippen LogP contribution in [0.1, 0.15) is 24.8 Å². The van der Waals surface area contributed by atoms with Gasteiger partial charge in [-0.15, -0.1) is 0 Å². The summed E-state index contributed by atoms with van der Waals surface area (Å²) in [6, 6.07) is 14.6. The summed E-state index contributed by atoms with van der Waals surface area (Å²) in [6.45, 7) is 0.191. The minimum atomic E-state index is -0.509. The number of nitrogens with zero attached hydrogens (tertiary/aromatic N) is 1. The van der Waals surface area contributed by atoms with Crippen LogP contribution in [-0.2, 0) is 16.9 Å². The van der Waals surface area contributed by atoms with Gasteiger partial charge in [0.05, 0.1) is 23.6 Å². The Bertz CT molecular complexity index is 1160. The van der Waals surface area contributed by atoms with Crippen molar-refractivity contribution in [1.82, 2.24) is 14.9 Å². The van der Waals surface area contributed by atoms with E-state index in [0.717, 1.165) is 24.2 Å². The van der Waals surface area contributed by atoms with Gasteiger partial charge in [-0.05, 0) is 42.7 Å². The molecule has 2 aromatic carbocycles. The third-order valence-electron chi connectivity index (χ3n) is 5.22. The van der Waals surface area contributed by atoms with E-state index in [1.165, 1.54) is 4.57 Å². The second kappa shape index (κ2) is 6.99. The van der Waals surface area contributed by atoms with Crippen molar-refractivity contribution in [3.8, 4) is 5.75 Å². The van der Waals surface area contributed by atoms with E-state index in [4.69, 9.17) is 4.74 Å². The monoisotopic (exact) mass is 379 g/mol. The van der Waals surface area contributed by atoms with Gasteiger partial charge in [0, 0.05) is 13.0 Å². The molecule has 3 aromatic rings. The smallest absolute Gasteiger partial charge is 0.328 e. The Morgan fingerprint density at radius 1 is 1.18 bits per heavy atom. The highest BCUT2D eigenvalue weighted by molar-refractivity contribution is 5.79. The van der Waals surface area contributed by atoms with Gasteiger partial charge in [-0.2, -0.15) is 0 Å². The zero-order chi connectivity index (χ0) is 19.7. The molecule has 144 valence electrons. The van der Waals surface area contributed by atoms with Crippen molar-refractivity contribution >= 4 is 16.8 Å². The summed E-state index contributed by atoms with van der Waals surface area (Å²) in [7, 11) is 1.61. The summed E-state index contributed by atoms with van der Waals surface area (Å²) < 4.78 is 6.70. The average Bonchev–Trinajstić information content (AvgIpc) is 3.48. The number of carbonyl (C=O) groups is 1. The lowest BCUT2D eigenvalue weighted by Gasteiger charge is -2.19. The zero-order valence-corrected chi connectivity index (χ0v) is 15.5. The molecule has 1 fully saturated rings. The van der Waals surface area contributed by atoms with Gasteiger partial charge in [-0.3, -0.25) is 19.1 Å². The lowest BCUT2D eigenvalue weighted by Crippen LogP contribution is -2.37. The van der Waals surface area contributed by atoms with E-state index in [9.17, 15) is 14.4 Å². The number of aryl methyl sites for hydroxylation is 1. The first-order chi connectivity index (χ1) is 13.5. The van der Waals surface area contributed by atoms with Gasteiger partial charge in [-0.1, -0.05) is 24.3 Å². The number of benzene rings is 2. The fraction of sp³-hybridized carbons (Fsp3) is 0.286. The normalized spacial score (nSPS) is 14.6. The molecule has 1 saturated carbocycles. The van der Waals surface area contributed by atoms with Crippen molar-refractivity contribution in [1.29, 1.82) is 0 Å². The largest absolute Gasteiger partial charge is 0.497 e. The Morgan fingerprint density at radius 2 is 1.96 bits per heavy atom. The number of hydrogen-bond donors (Lipinski definition) is 2. The highest BCUT2D eigenvalue weighted by Gasteiger charge is 2.45. The van der Waals surface area contributed by atoms with Crippen LogP contribution in [-0.4, -0.2) is 22.6 Å². The van der Waals surface area contributed by atoms with Gasteiger partial charge >= 0.3 is 5.69 Å². The second-order valence-electron chi connectivity index (χ2n) is 7.04. The molecular formula is C21H21N3O4. The van der Waals surface area contributed by atoms with Crippen LogP contribution in [0.5, 0.6) is 5.75 Å². The van der Waals surface area contributed by atoms with Crippen LogP contribution < -0.4 is 21.3 Å². The first-order valence-corrected chi connectivity index (χ1v) is 9.20. The molecule has 0 atom stereocenters. The van der Waals surface area contributed by atoms with Crippen molar-refractivity contribution in [2.75, 3.05) is 7.11 Å². The van der Waals surface area contributed by atoms with Crippen LogP contribution in [0, 0.1) is 0 Å². The molecule has 2 N–H and O–H groups in total. The van der Waals surface area contributed by atoms with E-state index < -0.39 is 11.2 Å². The van der Waals surface area contributed by atoms with E-state index >= 15 is 0 Å². The van der Waals surface area contributed by atoms with Gasteiger partial charge in [0.1, 0.15) is 5.75 Å². The molecule has 28 heavy (non-hydrogen) atoms. The summed E-state index contributed by atoms with van der Waals surface area (Å²) in [5.74, 6) is 0.617. The van der Waals surface area contributed by atoms with Crippen LogP contribution in [0.15, 0.2) is 58.1 Å². The summed E-state index contributed by atoms with van der Waals surface area (Å²) >= 11 is 0. The molecule has 1 amide bonds. The molecule has 7 nitrogen and oxygen atoms in total.